The summed E-state index contributed by atoms with van der Waals surface area (Å²) in [6.07, 6.45) is 10.5. The smallest absolute Gasteiger partial charge is 0.0832 e. The molecule has 0 aromatic heterocycles. The molecule has 0 amide bonds. The minimum Gasteiger partial charge on any atom is -0.786 e. The van der Waals surface area contributed by atoms with Crippen LogP contribution in [0.25, 0.3) is 0 Å². The second kappa shape index (κ2) is 14.3. The fourth-order valence-electron chi connectivity index (χ4n) is 2.15. The first-order chi connectivity index (χ1) is 9.63. The number of hydrogen-bond donors (Lipinski definition) is 0. The van der Waals surface area contributed by atoms with Crippen LogP contribution in [0.1, 0.15) is 85.5 Å². The van der Waals surface area contributed by atoms with Crippen molar-refractivity contribution in [1.82, 2.24) is 0 Å². The van der Waals surface area contributed by atoms with Gasteiger partial charge in [0.05, 0.1) is 21.3 Å². The molecule has 0 rings (SSSR count). The van der Waals surface area contributed by atoms with Crippen LogP contribution in [-0.2, 0) is 9.05 Å². The van der Waals surface area contributed by atoms with Crippen molar-refractivity contribution in [1.29, 1.82) is 0 Å². The van der Waals surface area contributed by atoms with Crippen molar-refractivity contribution in [2.75, 3.05) is 6.61 Å². The third kappa shape index (κ3) is 12.1. The van der Waals surface area contributed by atoms with Crippen LogP contribution in [-0.4, -0.2) is 12.7 Å². The van der Waals surface area contributed by atoms with Gasteiger partial charge in [0.2, 0.25) is 0 Å². The molecule has 0 aromatic carbocycles. The Kier molecular flexibility index (Phi) is 14.5. The molecule has 0 aliphatic rings. The molecule has 0 heterocycles. The van der Waals surface area contributed by atoms with Crippen LogP contribution in [0.5, 0.6) is 0 Å². The molecule has 3 unspecified atom stereocenters. The van der Waals surface area contributed by atoms with E-state index in [4.69, 9.17) is 9.05 Å². The molecule has 0 bridgehead atoms. The average Bonchev–Trinajstić information content (AvgIpc) is 2.44. The Morgan fingerprint density at radius 1 is 0.950 bits per heavy atom. The summed E-state index contributed by atoms with van der Waals surface area (Å²) < 4.78 is 10.8. The van der Waals surface area contributed by atoms with Gasteiger partial charge in [-0.3, -0.25) is 0 Å². The van der Waals surface area contributed by atoms with E-state index in [0.29, 0.717) is 12.5 Å². The highest BCUT2D eigenvalue weighted by Crippen LogP contribution is 2.32. The summed E-state index contributed by atoms with van der Waals surface area (Å²) in [6.45, 7) is 9.10. The highest BCUT2D eigenvalue weighted by atomic mass is 31.2. The summed E-state index contributed by atoms with van der Waals surface area (Å²) in [5.74, 6) is 0.511. The molecule has 0 aromatic rings. The van der Waals surface area contributed by atoms with E-state index in [1.165, 1.54) is 32.1 Å². The molecule has 0 N–H and O–H groups in total. The molecule has 0 saturated heterocycles. The van der Waals surface area contributed by atoms with Crippen molar-refractivity contribution >= 4 is 8.60 Å². The SMILES string of the molecule is CCCCCCC(C)OP([O-])OCC(CC)CCCC. The summed E-state index contributed by atoms with van der Waals surface area (Å²) in [6, 6.07) is 0. The van der Waals surface area contributed by atoms with E-state index in [1.807, 2.05) is 6.92 Å². The Bertz CT molecular complexity index is 202. The zero-order chi connectivity index (χ0) is 15.2. The first-order valence-corrected chi connectivity index (χ1v) is 9.50. The maximum atomic E-state index is 11.7. The zero-order valence-electron chi connectivity index (χ0n) is 13.9. The average molecular weight is 305 g/mol. The lowest BCUT2D eigenvalue weighted by molar-refractivity contribution is -0.209. The maximum Gasteiger partial charge on any atom is 0.0832 e. The van der Waals surface area contributed by atoms with Crippen LogP contribution in [0.4, 0.5) is 0 Å². The van der Waals surface area contributed by atoms with Gasteiger partial charge in [-0.1, -0.05) is 65.7 Å². The summed E-state index contributed by atoms with van der Waals surface area (Å²) in [4.78, 5) is 11.7. The van der Waals surface area contributed by atoms with Crippen molar-refractivity contribution < 1.29 is 13.9 Å². The highest BCUT2D eigenvalue weighted by molar-refractivity contribution is 7.39. The molecule has 3 nitrogen and oxygen atoms in total. The summed E-state index contributed by atoms with van der Waals surface area (Å²) in [5, 5.41) is 0. The van der Waals surface area contributed by atoms with E-state index in [-0.39, 0.29) is 6.10 Å². The topological polar surface area (TPSA) is 41.5 Å². The van der Waals surface area contributed by atoms with Gasteiger partial charge >= 0.3 is 0 Å². The summed E-state index contributed by atoms with van der Waals surface area (Å²) in [5.41, 5.74) is 0. The van der Waals surface area contributed by atoms with Gasteiger partial charge in [-0.25, -0.2) is 0 Å². The van der Waals surface area contributed by atoms with Crippen LogP contribution in [0, 0.1) is 5.92 Å². The van der Waals surface area contributed by atoms with Crippen LogP contribution >= 0.6 is 8.60 Å². The minimum absolute atomic E-state index is 0.0335. The van der Waals surface area contributed by atoms with Crippen molar-refractivity contribution in [3.05, 3.63) is 0 Å². The van der Waals surface area contributed by atoms with Crippen molar-refractivity contribution in [3.8, 4) is 0 Å². The largest absolute Gasteiger partial charge is 0.786 e. The van der Waals surface area contributed by atoms with Crippen molar-refractivity contribution in [2.45, 2.75) is 91.6 Å². The fourth-order valence-corrected chi connectivity index (χ4v) is 2.95. The van der Waals surface area contributed by atoms with Crippen molar-refractivity contribution in [3.63, 3.8) is 0 Å². The third-order valence-corrected chi connectivity index (χ3v) is 4.58. The molecule has 0 fully saturated rings. The van der Waals surface area contributed by atoms with Crippen molar-refractivity contribution in [2.24, 2.45) is 5.92 Å². The molecular formula is C16H34O3P-. The molecule has 0 aliphatic carbocycles. The predicted molar refractivity (Wildman–Crippen MR) is 85.5 cm³/mol. The Balaban J connectivity index is 3.66. The first-order valence-electron chi connectivity index (χ1n) is 8.40. The standard InChI is InChI=1S/C16H34O3P/c1-5-8-10-11-12-15(4)19-20(17)18-14-16(7-3)13-9-6-2/h15-16H,5-14H2,1-4H3/q-1. The highest BCUT2D eigenvalue weighted by Gasteiger charge is 2.09. The van der Waals surface area contributed by atoms with Gasteiger partial charge in [0, 0.05) is 0 Å². The maximum absolute atomic E-state index is 11.7. The quantitative estimate of drug-likeness (QED) is 0.328. The molecular weight excluding hydrogens is 271 g/mol. The van der Waals surface area contributed by atoms with Gasteiger partial charge in [0.25, 0.3) is 0 Å². The van der Waals surface area contributed by atoms with E-state index in [9.17, 15) is 4.89 Å². The minimum atomic E-state index is -1.95. The van der Waals surface area contributed by atoms with E-state index >= 15 is 0 Å². The lowest BCUT2D eigenvalue weighted by Gasteiger charge is -2.28. The number of unbranched alkanes of at least 4 members (excludes halogenated alkanes) is 4. The van der Waals surface area contributed by atoms with E-state index in [1.54, 1.807) is 0 Å². The van der Waals surface area contributed by atoms with Crippen LogP contribution < -0.4 is 4.89 Å². The van der Waals surface area contributed by atoms with Gasteiger partial charge in [0.15, 0.2) is 0 Å². The van der Waals surface area contributed by atoms with Gasteiger partial charge in [-0.2, -0.15) is 0 Å². The third-order valence-electron chi connectivity index (χ3n) is 3.69. The molecule has 20 heavy (non-hydrogen) atoms. The molecule has 4 heteroatoms. The summed E-state index contributed by atoms with van der Waals surface area (Å²) in [7, 11) is -1.95. The Morgan fingerprint density at radius 2 is 1.65 bits per heavy atom. The zero-order valence-corrected chi connectivity index (χ0v) is 14.8. The lowest BCUT2D eigenvalue weighted by Crippen LogP contribution is -2.15. The van der Waals surface area contributed by atoms with Gasteiger partial charge in [-0.15, -0.1) is 0 Å². The fraction of sp³-hybridized carbons (Fsp3) is 1.00. The molecule has 122 valence electrons. The Hall–Kier alpha value is 0.310. The van der Waals surface area contributed by atoms with Crippen LogP contribution in [0.2, 0.25) is 0 Å². The second-order valence-electron chi connectivity index (χ2n) is 5.70. The van der Waals surface area contributed by atoms with Gasteiger partial charge < -0.3 is 13.9 Å². The normalized spacial score (nSPS) is 16.1. The van der Waals surface area contributed by atoms with Crippen LogP contribution in [0.3, 0.4) is 0 Å². The Labute approximate surface area is 127 Å². The molecule has 0 aliphatic heterocycles. The van der Waals surface area contributed by atoms with Gasteiger partial charge in [-0.05, 0) is 25.7 Å². The molecule has 0 radical (unpaired) electrons. The predicted octanol–water partition coefficient (Wildman–Crippen LogP) is 5.18. The summed E-state index contributed by atoms with van der Waals surface area (Å²) >= 11 is 0. The van der Waals surface area contributed by atoms with E-state index < -0.39 is 8.60 Å². The molecule has 0 saturated carbocycles. The van der Waals surface area contributed by atoms with E-state index in [0.717, 1.165) is 25.7 Å². The van der Waals surface area contributed by atoms with E-state index in [2.05, 4.69) is 20.8 Å². The molecule has 3 atom stereocenters. The molecule has 0 spiro atoms. The monoisotopic (exact) mass is 305 g/mol. The first kappa shape index (κ1) is 20.3. The Morgan fingerprint density at radius 3 is 2.25 bits per heavy atom. The van der Waals surface area contributed by atoms with Crippen LogP contribution in [0.15, 0.2) is 0 Å². The van der Waals surface area contributed by atoms with Gasteiger partial charge in [0.1, 0.15) is 0 Å². The lowest BCUT2D eigenvalue weighted by atomic mass is 10.0. The number of rotatable bonds is 14. The second-order valence-corrected chi connectivity index (χ2v) is 6.62. The number of hydrogen-bond acceptors (Lipinski definition) is 3.